The summed E-state index contributed by atoms with van der Waals surface area (Å²) in [6.45, 7) is 12.0. The topological polar surface area (TPSA) is 70.6 Å². The first-order valence-corrected chi connectivity index (χ1v) is 8.09. The van der Waals surface area contributed by atoms with Crippen molar-refractivity contribution >= 4 is 6.09 Å². The first-order valence-electron chi connectivity index (χ1n) is 8.09. The van der Waals surface area contributed by atoms with E-state index in [1.165, 1.54) is 0 Å². The molecule has 2 atom stereocenters. The molecule has 0 aliphatic heterocycles. The van der Waals surface area contributed by atoms with Crippen molar-refractivity contribution in [2.45, 2.75) is 65.3 Å². The van der Waals surface area contributed by atoms with Crippen molar-refractivity contribution in [3.8, 4) is 0 Å². The lowest BCUT2D eigenvalue weighted by Crippen LogP contribution is -2.34. The average molecular weight is 322 g/mol. The van der Waals surface area contributed by atoms with Crippen LogP contribution in [-0.2, 0) is 4.74 Å². The molecule has 0 saturated carbocycles. The van der Waals surface area contributed by atoms with Gasteiger partial charge in [0, 0.05) is 12.6 Å². The highest BCUT2D eigenvalue weighted by Gasteiger charge is 2.18. The second kappa shape index (κ2) is 8.31. The van der Waals surface area contributed by atoms with E-state index in [2.05, 4.69) is 10.6 Å². The fraction of sp³-hybridized carbons (Fsp3) is 0.611. The molecule has 0 heterocycles. The molecule has 1 aromatic carbocycles. The van der Waals surface area contributed by atoms with Crippen LogP contribution in [0.3, 0.4) is 0 Å². The Kier molecular flexibility index (Phi) is 7.03. The molecule has 0 spiro atoms. The zero-order chi connectivity index (χ0) is 17.6. The third kappa shape index (κ3) is 7.48. The normalized spacial score (nSPS) is 14.4. The molecular weight excluding hydrogens is 292 g/mol. The van der Waals surface area contributed by atoms with Crippen LogP contribution in [0.2, 0.25) is 0 Å². The van der Waals surface area contributed by atoms with E-state index < -0.39 is 17.8 Å². The van der Waals surface area contributed by atoms with Crippen LogP contribution < -0.4 is 10.6 Å². The number of aliphatic hydroxyl groups excluding tert-OH is 1. The Morgan fingerprint density at radius 2 is 1.65 bits per heavy atom. The Hall–Kier alpha value is -1.59. The van der Waals surface area contributed by atoms with Crippen molar-refractivity contribution in [1.29, 1.82) is 0 Å². The molecule has 1 amide bonds. The summed E-state index contributed by atoms with van der Waals surface area (Å²) in [6.07, 6.45) is -0.976. The lowest BCUT2D eigenvalue weighted by molar-refractivity contribution is 0.0508. The maximum atomic E-state index is 11.8. The van der Waals surface area contributed by atoms with Crippen LogP contribution in [0.15, 0.2) is 24.3 Å². The number of aliphatic hydroxyl groups is 1. The minimum absolute atomic E-state index is 0.162. The van der Waals surface area contributed by atoms with Crippen LogP contribution in [0.25, 0.3) is 0 Å². The molecule has 0 aromatic heterocycles. The highest BCUT2D eigenvalue weighted by molar-refractivity contribution is 5.68. The molecule has 0 fully saturated rings. The summed E-state index contributed by atoms with van der Waals surface area (Å²) in [5.74, 6) is 0. The van der Waals surface area contributed by atoms with Crippen LogP contribution in [0.4, 0.5) is 4.79 Å². The fourth-order valence-electron chi connectivity index (χ4n) is 2.04. The van der Waals surface area contributed by atoms with Gasteiger partial charge in [-0.15, -0.1) is 0 Å². The molecule has 0 bridgehead atoms. The third-order valence-electron chi connectivity index (χ3n) is 3.27. The molecule has 130 valence electrons. The number of hydrogen-bond donors (Lipinski definition) is 3. The minimum Gasteiger partial charge on any atom is -0.444 e. The van der Waals surface area contributed by atoms with Crippen molar-refractivity contribution in [2.24, 2.45) is 0 Å². The number of rotatable bonds is 6. The second-order valence-corrected chi connectivity index (χ2v) is 7.11. The van der Waals surface area contributed by atoms with Gasteiger partial charge in [-0.25, -0.2) is 4.79 Å². The van der Waals surface area contributed by atoms with Crippen molar-refractivity contribution < 1.29 is 14.6 Å². The second-order valence-electron chi connectivity index (χ2n) is 7.11. The standard InChI is InChI=1S/C18H30N2O3/c1-12(2)19-11-16(21)15-9-7-14(8-10-15)13(3)20-17(22)23-18(4,5)6/h7-10,12-13,16,19,21H,11H2,1-6H3,(H,20,22)/t13-,16+/m0/s1. The van der Waals surface area contributed by atoms with Gasteiger partial charge in [0.05, 0.1) is 12.1 Å². The monoisotopic (exact) mass is 322 g/mol. The molecule has 1 aromatic rings. The zero-order valence-corrected chi connectivity index (χ0v) is 15.0. The molecule has 0 aliphatic rings. The molecule has 5 heteroatoms. The molecule has 0 saturated heterocycles. The number of benzene rings is 1. The van der Waals surface area contributed by atoms with Crippen molar-refractivity contribution in [3.63, 3.8) is 0 Å². The van der Waals surface area contributed by atoms with Gasteiger partial charge in [0.25, 0.3) is 0 Å². The van der Waals surface area contributed by atoms with Crippen molar-refractivity contribution in [1.82, 2.24) is 10.6 Å². The van der Waals surface area contributed by atoms with Gasteiger partial charge in [0.15, 0.2) is 0 Å². The van der Waals surface area contributed by atoms with Crippen LogP contribution in [-0.4, -0.2) is 29.4 Å². The number of amides is 1. The predicted octanol–water partition coefficient (Wildman–Crippen LogP) is 3.30. The van der Waals surface area contributed by atoms with Gasteiger partial charge in [0.1, 0.15) is 5.60 Å². The summed E-state index contributed by atoms with van der Waals surface area (Å²) in [7, 11) is 0. The minimum atomic E-state index is -0.541. The van der Waals surface area contributed by atoms with Gasteiger partial charge in [-0.1, -0.05) is 38.1 Å². The number of hydrogen-bond acceptors (Lipinski definition) is 4. The highest BCUT2D eigenvalue weighted by atomic mass is 16.6. The van der Waals surface area contributed by atoms with E-state index in [-0.39, 0.29) is 6.04 Å². The number of carbonyl (C=O) groups is 1. The van der Waals surface area contributed by atoms with Crippen LogP contribution in [0.1, 0.15) is 64.8 Å². The lowest BCUT2D eigenvalue weighted by Gasteiger charge is -2.22. The van der Waals surface area contributed by atoms with E-state index in [0.29, 0.717) is 12.6 Å². The summed E-state index contributed by atoms with van der Waals surface area (Å²) in [6, 6.07) is 7.77. The van der Waals surface area contributed by atoms with Crippen molar-refractivity contribution in [3.05, 3.63) is 35.4 Å². The van der Waals surface area contributed by atoms with Gasteiger partial charge in [0.2, 0.25) is 0 Å². The summed E-state index contributed by atoms with van der Waals surface area (Å²) in [4.78, 5) is 11.8. The van der Waals surface area contributed by atoms with Crippen LogP contribution in [0, 0.1) is 0 Å². The Labute approximate surface area is 139 Å². The molecule has 1 rings (SSSR count). The molecular formula is C18H30N2O3. The van der Waals surface area contributed by atoms with E-state index in [9.17, 15) is 9.90 Å². The first kappa shape index (κ1) is 19.5. The molecule has 0 aliphatic carbocycles. The summed E-state index contributed by atoms with van der Waals surface area (Å²) < 4.78 is 5.25. The number of alkyl carbamates (subject to hydrolysis) is 1. The summed E-state index contributed by atoms with van der Waals surface area (Å²) >= 11 is 0. The Morgan fingerprint density at radius 1 is 1.13 bits per heavy atom. The fourth-order valence-corrected chi connectivity index (χ4v) is 2.04. The van der Waals surface area contributed by atoms with Gasteiger partial charge in [-0.3, -0.25) is 0 Å². The zero-order valence-electron chi connectivity index (χ0n) is 15.0. The van der Waals surface area contributed by atoms with E-state index >= 15 is 0 Å². The number of nitrogens with one attached hydrogen (secondary N) is 2. The maximum absolute atomic E-state index is 11.8. The quantitative estimate of drug-likeness (QED) is 0.751. The molecule has 0 radical (unpaired) electrons. The lowest BCUT2D eigenvalue weighted by atomic mass is 10.0. The summed E-state index contributed by atoms with van der Waals surface area (Å²) in [5.41, 5.74) is 1.30. The largest absolute Gasteiger partial charge is 0.444 e. The molecule has 3 N–H and O–H groups in total. The molecule has 23 heavy (non-hydrogen) atoms. The first-order chi connectivity index (χ1) is 10.6. The average Bonchev–Trinajstić information content (AvgIpc) is 2.42. The van der Waals surface area contributed by atoms with E-state index in [1.54, 1.807) is 0 Å². The van der Waals surface area contributed by atoms with E-state index in [4.69, 9.17) is 4.74 Å². The SMILES string of the molecule is CC(C)NC[C@@H](O)c1ccc([C@H](C)NC(=O)OC(C)(C)C)cc1. The van der Waals surface area contributed by atoms with Gasteiger partial charge < -0.3 is 20.5 Å². The predicted molar refractivity (Wildman–Crippen MR) is 92.3 cm³/mol. The smallest absolute Gasteiger partial charge is 0.408 e. The third-order valence-corrected chi connectivity index (χ3v) is 3.27. The molecule has 5 nitrogen and oxygen atoms in total. The highest BCUT2D eigenvalue weighted by Crippen LogP contribution is 2.18. The molecule has 0 unspecified atom stereocenters. The van der Waals surface area contributed by atoms with Crippen LogP contribution in [0.5, 0.6) is 0 Å². The van der Waals surface area contributed by atoms with Crippen molar-refractivity contribution in [2.75, 3.05) is 6.54 Å². The Balaban J connectivity index is 2.60. The summed E-state index contributed by atoms with van der Waals surface area (Å²) in [5, 5.41) is 16.1. The Morgan fingerprint density at radius 3 is 2.13 bits per heavy atom. The number of ether oxygens (including phenoxy) is 1. The van der Waals surface area contributed by atoms with Gasteiger partial charge in [-0.05, 0) is 38.8 Å². The number of carbonyl (C=O) groups excluding carboxylic acids is 1. The van der Waals surface area contributed by atoms with Crippen LogP contribution >= 0.6 is 0 Å². The van der Waals surface area contributed by atoms with E-state index in [0.717, 1.165) is 11.1 Å². The van der Waals surface area contributed by atoms with Gasteiger partial charge in [-0.2, -0.15) is 0 Å². The maximum Gasteiger partial charge on any atom is 0.408 e. The van der Waals surface area contributed by atoms with Gasteiger partial charge >= 0.3 is 6.09 Å². The Bertz CT molecular complexity index is 492. The van der Waals surface area contributed by atoms with E-state index in [1.807, 2.05) is 65.8 Å².